The normalized spacial score (nSPS) is 20.2. The fraction of sp³-hybridized carbons (Fsp3) is 0.423. The number of nitrogens with one attached hydrogen (secondary N) is 1. The average Bonchev–Trinajstić information content (AvgIpc) is 3.16. The van der Waals surface area contributed by atoms with Gasteiger partial charge in [-0.25, -0.2) is 4.79 Å². The molecular formula is C26H30N2O6. The zero-order valence-electron chi connectivity index (χ0n) is 19.1. The molecule has 8 heteroatoms. The van der Waals surface area contributed by atoms with Crippen molar-refractivity contribution in [2.75, 3.05) is 26.2 Å². The number of carbonyl (C=O) groups is 3. The van der Waals surface area contributed by atoms with Crippen molar-refractivity contribution in [3.63, 3.8) is 0 Å². The number of amides is 2. The Hall–Kier alpha value is -3.39. The third-order valence-corrected chi connectivity index (χ3v) is 6.77. The number of fused-ring (bicyclic) bond motifs is 3. The molecule has 3 N–H and O–H groups in total. The minimum absolute atomic E-state index is 0.0513. The highest BCUT2D eigenvalue weighted by atomic mass is 16.5. The fourth-order valence-electron chi connectivity index (χ4n) is 4.95. The molecule has 2 aromatic carbocycles. The SMILES string of the molecule is CCC(CNC(=O)OCC1c2ccccc2-c2ccccc21)C(=O)N1CC(O)CC(C(=O)O)C1. The molecule has 2 aliphatic rings. The minimum atomic E-state index is -1.03. The number of aliphatic carboxylic acids is 1. The summed E-state index contributed by atoms with van der Waals surface area (Å²) in [6.07, 6.45) is -0.873. The number of carboxylic acids is 1. The first-order valence-electron chi connectivity index (χ1n) is 11.7. The number of piperidine rings is 1. The maximum absolute atomic E-state index is 12.9. The molecule has 3 unspecified atom stereocenters. The zero-order chi connectivity index (χ0) is 24.2. The van der Waals surface area contributed by atoms with Gasteiger partial charge in [-0.2, -0.15) is 0 Å². The lowest BCUT2D eigenvalue weighted by Gasteiger charge is -2.35. The van der Waals surface area contributed by atoms with Crippen LogP contribution < -0.4 is 5.32 Å². The van der Waals surface area contributed by atoms with Gasteiger partial charge >= 0.3 is 12.1 Å². The smallest absolute Gasteiger partial charge is 0.407 e. The first kappa shape index (κ1) is 23.8. The molecule has 180 valence electrons. The molecule has 1 fully saturated rings. The number of rotatable bonds is 7. The Balaban J connectivity index is 1.33. The summed E-state index contributed by atoms with van der Waals surface area (Å²) in [5, 5.41) is 21.9. The van der Waals surface area contributed by atoms with E-state index in [1.54, 1.807) is 0 Å². The van der Waals surface area contributed by atoms with Crippen LogP contribution in [0, 0.1) is 11.8 Å². The highest BCUT2D eigenvalue weighted by molar-refractivity contribution is 5.81. The van der Waals surface area contributed by atoms with Crippen LogP contribution in [0.25, 0.3) is 11.1 Å². The van der Waals surface area contributed by atoms with Crippen LogP contribution in [0.1, 0.15) is 36.8 Å². The summed E-state index contributed by atoms with van der Waals surface area (Å²) in [6.45, 7) is 2.26. The predicted octanol–water partition coefficient (Wildman–Crippen LogP) is 2.85. The molecule has 3 atom stereocenters. The predicted molar refractivity (Wildman–Crippen MR) is 125 cm³/mol. The van der Waals surface area contributed by atoms with Crippen molar-refractivity contribution in [1.82, 2.24) is 10.2 Å². The van der Waals surface area contributed by atoms with E-state index in [1.165, 1.54) is 4.90 Å². The highest BCUT2D eigenvalue weighted by Crippen LogP contribution is 2.44. The maximum Gasteiger partial charge on any atom is 0.407 e. The fourth-order valence-corrected chi connectivity index (χ4v) is 4.95. The topological polar surface area (TPSA) is 116 Å². The second-order valence-electron chi connectivity index (χ2n) is 8.98. The van der Waals surface area contributed by atoms with Gasteiger partial charge in [-0.1, -0.05) is 55.5 Å². The van der Waals surface area contributed by atoms with E-state index in [-0.39, 0.29) is 44.5 Å². The van der Waals surface area contributed by atoms with Gasteiger partial charge < -0.3 is 25.2 Å². The van der Waals surface area contributed by atoms with Crippen LogP contribution in [0.15, 0.2) is 48.5 Å². The minimum Gasteiger partial charge on any atom is -0.481 e. The molecule has 0 bridgehead atoms. The summed E-state index contributed by atoms with van der Waals surface area (Å²) >= 11 is 0. The lowest BCUT2D eigenvalue weighted by molar-refractivity contribution is -0.150. The molecule has 0 spiro atoms. The summed E-state index contributed by atoms with van der Waals surface area (Å²) in [5.41, 5.74) is 4.53. The Morgan fingerprint density at radius 1 is 1.06 bits per heavy atom. The van der Waals surface area contributed by atoms with Crippen LogP contribution in [-0.4, -0.2) is 65.4 Å². The van der Waals surface area contributed by atoms with Crippen molar-refractivity contribution in [2.24, 2.45) is 11.8 Å². The molecule has 1 saturated heterocycles. The Labute approximate surface area is 198 Å². The van der Waals surface area contributed by atoms with Crippen LogP contribution in [0.2, 0.25) is 0 Å². The average molecular weight is 467 g/mol. The Morgan fingerprint density at radius 2 is 1.68 bits per heavy atom. The van der Waals surface area contributed by atoms with E-state index in [1.807, 2.05) is 43.3 Å². The van der Waals surface area contributed by atoms with Crippen LogP contribution in [0.5, 0.6) is 0 Å². The monoisotopic (exact) mass is 466 g/mol. The van der Waals surface area contributed by atoms with E-state index in [4.69, 9.17) is 4.74 Å². The van der Waals surface area contributed by atoms with Gasteiger partial charge in [-0.05, 0) is 35.1 Å². The number of carboxylic acid groups (broad SMARTS) is 1. The molecule has 1 aliphatic heterocycles. The molecule has 2 amide bonds. The van der Waals surface area contributed by atoms with Crippen molar-refractivity contribution in [2.45, 2.75) is 31.8 Å². The Bertz CT molecular complexity index is 1030. The molecule has 1 aliphatic carbocycles. The van der Waals surface area contributed by atoms with Crippen LogP contribution >= 0.6 is 0 Å². The molecule has 2 aromatic rings. The molecule has 8 nitrogen and oxygen atoms in total. The number of aliphatic hydroxyl groups excluding tert-OH is 1. The van der Waals surface area contributed by atoms with Gasteiger partial charge in [0.2, 0.25) is 5.91 Å². The second-order valence-corrected chi connectivity index (χ2v) is 8.98. The summed E-state index contributed by atoms with van der Waals surface area (Å²) in [7, 11) is 0. The van der Waals surface area contributed by atoms with Gasteiger partial charge in [0.1, 0.15) is 6.61 Å². The maximum atomic E-state index is 12.9. The number of likely N-dealkylation sites (tertiary alicyclic amines) is 1. The molecule has 0 radical (unpaired) electrons. The number of ether oxygens (including phenoxy) is 1. The van der Waals surface area contributed by atoms with Gasteiger partial charge in [0.25, 0.3) is 0 Å². The van der Waals surface area contributed by atoms with Crippen LogP contribution in [0.3, 0.4) is 0 Å². The zero-order valence-corrected chi connectivity index (χ0v) is 19.1. The number of carbonyl (C=O) groups excluding carboxylic acids is 2. The first-order valence-corrected chi connectivity index (χ1v) is 11.7. The lowest BCUT2D eigenvalue weighted by Crippen LogP contribution is -2.51. The van der Waals surface area contributed by atoms with Crippen molar-refractivity contribution in [1.29, 1.82) is 0 Å². The van der Waals surface area contributed by atoms with Gasteiger partial charge in [-0.15, -0.1) is 0 Å². The number of hydrogen-bond acceptors (Lipinski definition) is 5. The summed E-state index contributed by atoms with van der Waals surface area (Å²) in [6, 6.07) is 16.2. The molecule has 0 saturated carbocycles. The third kappa shape index (κ3) is 4.92. The molecule has 1 heterocycles. The number of aliphatic hydroxyl groups is 1. The number of benzene rings is 2. The third-order valence-electron chi connectivity index (χ3n) is 6.77. The van der Waals surface area contributed by atoms with Gasteiger partial charge in [0.05, 0.1) is 17.9 Å². The van der Waals surface area contributed by atoms with E-state index in [0.29, 0.717) is 6.42 Å². The Kier molecular flexibility index (Phi) is 7.17. The second kappa shape index (κ2) is 10.3. The Morgan fingerprint density at radius 3 is 2.26 bits per heavy atom. The number of alkyl carbamates (subject to hydrolysis) is 1. The number of nitrogens with zero attached hydrogens (tertiary/aromatic N) is 1. The van der Waals surface area contributed by atoms with Crippen molar-refractivity contribution < 1.29 is 29.3 Å². The standard InChI is InChI=1S/C26H30N2O6/c1-2-16(24(30)28-13-17(25(31)32)11-18(29)14-28)12-27-26(33)34-15-23-21-9-5-3-7-19(21)20-8-4-6-10-22(20)23/h3-10,16-18,23,29H,2,11-15H2,1H3,(H,27,33)(H,31,32). The number of β-amino-alcohol motifs (C(OH)–C–C–N with tert-alkyl or cyclic N) is 1. The van der Waals surface area contributed by atoms with Gasteiger partial charge in [0.15, 0.2) is 0 Å². The van der Waals surface area contributed by atoms with Gasteiger partial charge in [-0.3, -0.25) is 9.59 Å². The lowest BCUT2D eigenvalue weighted by atomic mass is 9.94. The van der Waals surface area contributed by atoms with E-state index in [2.05, 4.69) is 17.4 Å². The van der Waals surface area contributed by atoms with Crippen molar-refractivity contribution in [3.8, 4) is 11.1 Å². The van der Waals surface area contributed by atoms with E-state index in [9.17, 15) is 24.6 Å². The summed E-state index contributed by atoms with van der Waals surface area (Å²) in [4.78, 5) is 38.1. The first-order chi connectivity index (χ1) is 16.4. The van der Waals surface area contributed by atoms with Crippen LogP contribution in [-0.2, 0) is 14.3 Å². The summed E-state index contributed by atoms with van der Waals surface area (Å²) in [5.74, 6) is -2.67. The molecule has 0 aromatic heterocycles. The van der Waals surface area contributed by atoms with Crippen molar-refractivity contribution >= 4 is 18.0 Å². The van der Waals surface area contributed by atoms with Crippen LogP contribution in [0.4, 0.5) is 4.79 Å². The molecular weight excluding hydrogens is 436 g/mol. The van der Waals surface area contributed by atoms with Gasteiger partial charge in [0, 0.05) is 25.6 Å². The number of hydrogen-bond donors (Lipinski definition) is 3. The quantitative estimate of drug-likeness (QED) is 0.578. The molecule has 4 rings (SSSR count). The molecule has 34 heavy (non-hydrogen) atoms. The van der Waals surface area contributed by atoms with Crippen molar-refractivity contribution in [3.05, 3.63) is 59.7 Å². The van der Waals surface area contributed by atoms with E-state index >= 15 is 0 Å². The highest BCUT2D eigenvalue weighted by Gasteiger charge is 2.35. The largest absolute Gasteiger partial charge is 0.481 e. The summed E-state index contributed by atoms with van der Waals surface area (Å²) < 4.78 is 5.53. The van der Waals surface area contributed by atoms with E-state index in [0.717, 1.165) is 22.3 Å². The van der Waals surface area contributed by atoms with E-state index < -0.39 is 30.0 Å².